The van der Waals surface area contributed by atoms with Crippen molar-refractivity contribution in [1.29, 1.82) is 0 Å². The lowest BCUT2D eigenvalue weighted by atomic mass is 9.98. The number of furan rings is 1. The summed E-state index contributed by atoms with van der Waals surface area (Å²) in [7, 11) is 1.26. The van der Waals surface area contributed by atoms with Crippen molar-refractivity contribution in [3.8, 4) is 0 Å². The summed E-state index contributed by atoms with van der Waals surface area (Å²) in [4.78, 5) is 11.2. The van der Waals surface area contributed by atoms with E-state index in [9.17, 15) is 9.90 Å². The zero-order valence-electron chi connectivity index (χ0n) is 7.84. The van der Waals surface area contributed by atoms with Gasteiger partial charge < -0.3 is 14.3 Å². The van der Waals surface area contributed by atoms with E-state index >= 15 is 0 Å². The van der Waals surface area contributed by atoms with Gasteiger partial charge in [-0.15, -0.1) is 6.58 Å². The number of hydrogen-bond acceptors (Lipinski definition) is 4. The van der Waals surface area contributed by atoms with Crippen molar-refractivity contribution >= 4 is 5.97 Å². The lowest BCUT2D eigenvalue weighted by Gasteiger charge is -2.15. The molecule has 1 N–H and O–H groups in total. The van der Waals surface area contributed by atoms with Gasteiger partial charge in [0.25, 0.3) is 0 Å². The van der Waals surface area contributed by atoms with E-state index in [0.717, 1.165) is 0 Å². The molecule has 0 unspecified atom stereocenters. The minimum atomic E-state index is -0.973. The van der Waals surface area contributed by atoms with Crippen LogP contribution in [0.5, 0.6) is 0 Å². The highest BCUT2D eigenvalue weighted by molar-refractivity contribution is 5.75. The molecule has 2 atom stereocenters. The van der Waals surface area contributed by atoms with E-state index in [0.29, 0.717) is 5.56 Å². The summed E-state index contributed by atoms with van der Waals surface area (Å²) < 4.78 is 9.32. The van der Waals surface area contributed by atoms with E-state index in [4.69, 9.17) is 4.42 Å². The molecule has 1 heterocycles. The fraction of sp³-hybridized carbons (Fsp3) is 0.300. The highest BCUT2D eigenvalue weighted by Gasteiger charge is 2.26. The molecule has 0 spiro atoms. The molecule has 0 aliphatic carbocycles. The van der Waals surface area contributed by atoms with Gasteiger partial charge in [-0.25, -0.2) is 0 Å². The van der Waals surface area contributed by atoms with Crippen LogP contribution in [0.4, 0.5) is 0 Å². The smallest absolute Gasteiger partial charge is 0.315 e. The number of rotatable bonds is 4. The number of methoxy groups -OCH3 is 1. The fourth-order valence-electron chi connectivity index (χ4n) is 1.14. The number of ether oxygens (including phenoxy) is 1. The van der Waals surface area contributed by atoms with E-state index in [2.05, 4.69) is 11.3 Å². The molecule has 0 aromatic carbocycles. The van der Waals surface area contributed by atoms with Crippen molar-refractivity contribution in [1.82, 2.24) is 0 Å². The molecule has 1 rings (SSSR count). The molecule has 4 heteroatoms. The van der Waals surface area contributed by atoms with Crippen molar-refractivity contribution < 1.29 is 19.1 Å². The highest BCUT2D eigenvalue weighted by atomic mass is 16.5. The molecule has 0 aliphatic rings. The third-order valence-electron chi connectivity index (χ3n) is 1.95. The molecule has 0 saturated heterocycles. The Morgan fingerprint density at radius 3 is 2.93 bits per heavy atom. The van der Waals surface area contributed by atoms with E-state index in [1.54, 1.807) is 6.07 Å². The first-order chi connectivity index (χ1) is 6.70. The van der Waals surface area contributed by atoms with E-state index in [1.165, 1.54) is 25.7 Å². The summed E-state index contributed by atoms with van der Waals surface area (Å²) >= 11 is 0. The van der Waals surface area contributed by atoms with Gasteiger partial charge in [0.05, 0.1) is 25.7 Å². The molecule has 76 valence electrons. The normalized spacial score (nSPS) is 14.4. The summed E-state index contributed by atoms with van der Waals surface area (Å²) in [6, 6.07) is 1.59. The molecule has 0 bridgehead atoms. The van der Waals surface area contributed by atoms with Crippen molar-refractivity contribution in [2.75, 3.05) is 7.11 Å². The molecule has 4 nitrogen and oxygen atoms in total. The zero-order valence-corrected chi connectivity index (χ0v) is 7.84. The summed E-state index contributed by atoms with van der Waals surface area (Å²) in [5.41, 5.74) is 0.528. The number of esters is 1. The molecule has 1 aromatic rings. The van der Waals surface area contributed by atoms with E-state index in [1.807, 2.05) is 0 Å². The maximum Gasteiger partial charge on any atom is 0.315 e. The average Bonchev–Trinajstić information content (AvgIpc) is 2.71. The van der Waals surface area contributed by atoms with Crippen LogP contribution in [0.3, 0.4) is 0 Å². The molecule has 1 aromatic heterocycles. The van der Waals surface area contributed by atoms with Gasteiger partial charge in [-0.3, -0.25) is 4.79 Å². The van der Waals surface area contributed by atoms with Gasteiger partial charge in [0.2, 0.25) is 0 Å². The van der Waals surface area contributed by atoms with Crippen LogP contribution in [-0.4, -0.2) is 18.2 Å². The topological polar surface area (TPSA) is 59.7 Å². The van der Waals surface area contributed by atoms with Gasteiger partial charge in [0.15, 0.2) is 0 Å². The minimum absolute atomic E-state index is 0.520. The van der Waals surface area contributed by atoms with Gasteiger partial charge in [0.1, 0.15) is 5.92 Å². The summed E-state index contributed by atoms with van der Waals surface area (Å²) in [6.45, 7) is 3.47. The van der Waals surface area contributed by atoms with Crippen molar-refractivity contribution in [2.24, 2.45) is 5.92 Å². The van der Waals surface area contributed by atoms with Gasteiger partial charge in [-0.05, 0) is 6.07 Å². The third kappa shape index (κ3) is 2.03. The second kappa shape index (κ2) is 4.62. The van der Waals surface area contributed by atoms with Crippen LogP contribution in [0, 0.1) is 5.92 Å². The summed E-state index contributed by atoms with van der Waals surface area (Å²) in [6.07, 6.45) is 3.18. The first-order valence-electron chi connectivity index (χ1n) is 4.11. The van der Waals surface area contributed by atoms with Crippen LogP contribution in [-0.2, 0) is 9.53 Å². The number of carbonyl (C=O) groups is 1. The maximum atomic E-state index is 11.2. The van der Waals surface area contributed by atoms with Crippen LogP contribution in [0.15, 0.2) is 35.7 Å². The van der Waals surface area contributed by atoms with E-state index in [-0.39, 0.29) is 0 Å². The molecule has 0 saturated carbocycles. The molecule has 0 amide bonds. The summed E-state index contributed by atoms with van der Waals surface area (Å²) in [5, 5.41) is 9.74. The highest BCUT2D eigenvalue weighted by Crippen LogP contribution is 2.24. The Bertz CT molecular complexity index is 302. The third-order valence-corrected chi connectivity index (χ3v) is 1.95. The van der Waals surface area contributed by atoms with Gasteiger partial charge in [-0.2, -0.15) is 0 Å². The summed E-state index contributed by atoms with van der Waals surface area (Å²) in [5.74, 6) is -1.29. The number of hydrogen-bond donors (Lipinski definition) is 1. The lowest BCUT2D eigenvalue weighted by molar-refractivity contribution is -0.147. The molecular weight excluding hydrogens is 184 g/mol. The van der Waals surface area contributed by atoms with Crippen molar-refractivity contribution in [2.45, 2.75) is 6.10 Å². The Balaban J connectivity index is 2.80. The van der Waals surface area contributed by atoms with Crippen molar-refractivity contribution in [3.63, 3.8) is 0 Å². The zero-order chi connectivity index (χ0) is 10.6. The Morgan fingerprint density at radius 1 is 1.79 bits per heavy atom. The van der Waals surface area contributed by atoms with Crippen LogP contribution in [0.1, 0.15) is 11.7 Å². The molecule has 0 radical (unpaired) electrons. The van der Waals surface area contributed by atoms with Crippen LogP contribution in [0.25, 0.3) is 0 Å². The van der Waals surface area contributed by atoms with Crippen LogP contribution >= 0.6 is 0 Å². The average molecular weight is 196 g/mol. The minimum Gasteiger partial charge on any atom is -0.472 e. The van der Waals surface area contributed by atoms with Crippen molar-refractivity contribution in [3.05, 3.63) is 36.8 Å². The second-order valence-corrected chi connectivity index (χ2v) is 2.79. The monoisotopic (exact) mass is 196 g/mol. The fourth-order valence-corrected chi connectivity index (χ4v) is 1.14. The van der Waals surface area contributed by atoms with Crippen LogP contribution < -0.4 is 0 Å². The first-order valence-corrected chi connectivity index (χ1v) is 4.11. The number of aliphatic hydroxyl groups excluding tert-OH is 1. The van der Waals surface area contributed by atoms with Crippen LogP contribution in [0.2, 0.25) is 0 Å². The standard InChI is InChI=1S/C10H12O4/c1-3-8(10(12)13-2)9(11)7-4-5-14-6-7/h3-6,8-9,11H,1H2,2H3/t8-,9-/m1/s1. The predicted octanol–water partition coefficient (Wildman–Crippen LogP) is 1.29. The number of carbonyl (C=O) groups excluding carboxylic acids is 1. The Hall–Kier alpha value is -1.55. The molecule has 0 fully saturated rings. The number of aliphatic hydroxyl groups is 1. The van der Waals surface area contributed by atoms with E-state index < -0.39 is 18.0 Å². The van der Waals surface area contributed by atoms with Gasteiger partial charge in [-0.1, -0.05) is 6.08 Å². The first kappa shape index (κ1) is 10.5. The van der Waals surface area contributed by atoms with Gasteiger partial charge in [0, 0.05) is 5.56 Å². The SMILES string of the molecule is C=C[C@@H](C(=O)OC)[C@H](O)c1ccoc1. The maximum absolute atomic E-state index is 11.2. The second-order valence-electron chi connectivity index (χ2n) is 2.79. The molecular formula is C10H12O4. The predicted molar refractivity (Wildman–Crippen MR) is 49.4 cm³/mol. The molecule has 14 heavy (non-hydrogen) atoms. The Labute approximate surface area is 81.8 Å². The molecule has 0 aliphatic heterocycles. The van der Waals surface area contributed by atoms with Gasteiger partial charge >= 0.3 is 5.97 Å². The quantitative estimate of drug-likeness (QED) is 0.582. The Kier molecular flexibility index (Phi) is 3.48. The lowest BCUT2D eigenvalue weighted by Crippen LogP contribution is -2.21. The Morgan fingerprint density at radius 2 is 2.50 bits per heavy atom. The largest absolute Gasteiger partial charge is 0.472 e.